The third-order valence-corrected chi connectivity index (χ3v) is 2.97. The molecule has 2 N–H and O–H groups in total. The van der Waals surface area contributed by atoms with Crippen LogP contribution in [-0.4, -0.2) is 14.6 Å². The molecule has 0 unspecified atom stereocenters. The van der Waals surface area contributed by atoms with Crippen LogP contribution < -0.4 is 5.73 Å². The van der Waals surface area contributed by atoms with Crippen LogP contribution >= 0.6 is 11.3 Å². The molecule has 3 rings (SSSR count). The van der Waals surface area contributed by atoms with Crippen LogP contribution in [0.15, 0.2) is 36.0 Å². The number of nitrogen functional groups attached to an aromatic ring is 1. The Hall–Kier alpha value is -1.88. The smallest absolute Gasteiger partial charge is 0.155 e. The first-order valence-electron chi connectivity index (χ1n) is 4.48. The van der Waals surface area contributed by atoms with Crippen molar-refractivity contribution in [1.29, 1.82) is 0 Å². The van der Waals surface area contributed by atoms with Crippen LogP contribution in [0.25, 0.3) is 16.9 Å². The molecule has 3 aromatic heterocycles. The highest BCUT2D eigenvalue weighted by Crippen LogP contribution is 2.26. The number of nitrogens with two attached hydrogens (primary N) is 1. The number of anilines is 1. The molecule has 5 heteroatoms. The minimum atomic E-state index is 0.808. The molecule has 0 aliphatic heterocycles. The van der Waals surface area contributed by atoms with Crippen molar-refractivity contribution in [3.05, 3.63) is 36.0 Å². The minimum Gasteiger partial charge on any atom is -0.391 e. The third kappa shape index (κ3) is 1.28. The van der Waals surface area contributed by atoms with E-state index in [1.807, 2.05) is 28.1 Å². The summed E-state index contributed by atoms with van der Waals surface area (Å²) in [6, 6.07) is 5.75. The lowest BCUT2D eigenvalue weighted by Crippen LogP contribution is -1.93. The van der Waals surface area contributed by atoms with Gasteiger partial charge in [-0.1, -0.05) is 0 Å². The van der Waals surface area contributed by atoms with Gasteiger partial charge in [-0.15, -0.1) is 11.3 Å². The molecular weight excluding hydrogens is 208 g/mol. The minimum absolute atomic E-state index is 0.808. The standard InChI is InChI=1S/C10H8N4S/c11-9-5-7(6-15-9)8-1-3-12-10-2-4-13-14(8)10/h1-6H,11H2. The number of aromatic nitrogens is 3. The lowest BCUT2D eigenvalue weighted by Gasteiger charge is -2.00. The number of nitrogens with zero attached hydrogens (tertiary/aromatic N) is 3. The van der Waals surface area contributed by atoms with Crippen LogP contribution in [0.2, 0.25) is 0 Å². The van der Waals surface area contributed by atoms with E-state index in [0.29, 0.717) is 0 Å². The maximum Gasteiger partial charge on any atom is 0.155 e. The van der Waals surface area contributed by atoms with E-state index in [0.717, 1.165) is 21.9 Å². The Morgan fingerprint density at radius 2 is 2.20 bits per heavy atom. The van der Waals surface area contributed by atoms with E-state index in [-0.39, 0.29) is 0 Å². The zero-order valence-corrected chi connectivity index (χ0v) is 8.61. The summed E-state index contributed by atoms with van der Waals surface area (Å²) < 4.78 is 1.81. The highest BCUT2D eigenvalue weighted by atomic mass is 32.1. The molecule has 0 bridgehead atoms. The van der Waals surface area contributed by atoms with Crippen molar-refractivity contribution in [2.24, 2.45) is 0 Å². The Kier molecular flexibility index (Phi) is 1.72. The summed E-state index contributed by atoms with van der Waals surface area (Å²) in [5.41, 5.74) is 8.64. The van der Waals surface area contributed by atoms with E-state index in [2.05, 4.69) is 10.1 Å². The van der Waals surface area contributed by atoms with Crippen molar-refractivity contribution >= 4 is 22.0 Å². The summed E-state index contributed by atoms with van der Waals surface area (Å²) in [6.45, 7) is 0. The maximum atomic E-state index is 5.71. The molecule has 4 nitrogen and oxygen atoms in total. The van der Waals surface area contributed by atoms with Crippen LogP contribution in [0.1, 0.15) is 0 Å². The van der Waals surface area contributed by atoms with Gasteiger partial charge in [-0.25, -0.2) is 9.50 Å². The van der Waals surface area contributed by atoms with Crippen LogP contribution in [-0.2, 0) is 0 Å². The van der Waals surface area contributed by atoms with E-state index >= 15 is 0 Å². The Balaban J connectivity index is 2.30. The van der Waals surface area contributed by atoms with E-state index in [1.54, 1.807) is 12.4 Å². The average molecular weight is 216 g/mol. The molecule has 3 heterocycles. The molecule has 0 aliphatic carbocycles. The summed E-state index contributed by atoms with van der Waals surface area (Å²) in [5.74, 6) is 0. The second kappa shape index (κ2) is 3.06. The largest absolute Gasteiger partial charge is 0.391 e. The van der Waals surface area contributed by atoms with E-state index in [4.69, 9.17) is 5.73 Å². The van der Waals surface area contributed by atoms with Crippen molar-refractivity contribution in [1.82, 2.24) is 14.6 Å². The number of hydrogen-bond acceptors (Lipinski definition) is 4. The normalized spacial score (nSPS) is 10.9. The fourth-order valence-corrected chi connectivity index (χ4v) is 2.19. The van der Waals surface area contributed by atoms with Crippen LogP contribution in [0.5, 0.6) is 0 Å². The monoisotopic (exact) mass is 216 g/mol. The highest BCUT2D eigenvalue weighted by molar-refractivity contribution is 7.14. The lowest BCUT2D eigenvalue weighted by atomic mass is 10.2. The van der Waals surface area contributed by atoms with Gasteiger partial charge in [0.15, 0.2) is 5.65 Å². The molecule has 0 atom stereocenters. The molecule has 3 aromatic rings. The number of rotatable bonds is 1. The molecule has 15 heavy (non-hydrogen) atoms. The Morgan fingerprint density at radius 1 is 1.27 bits per heavy atom. The number of fused-ring (bicyclic) bond motifs is 1. The molecule has 0 fully saturated rings. The molecule has 0 aromatic carbocycles. The van der Waals surface area contributed by atoms with Crippen molar-refractivity contribution in [3.63, 3.8) is 0 Å². The average Bonchev–Trinajstić information content (AvgIpc) is 2.84. The summed E-state index contributed by atoms with van der Waals surface area (Å²) >= 11 is 1.53. The summed E-state index contributed by atoms with van der Waals surface area (Å²) in [4.78, 5) is 4.21. The molecule has 0 saturated carbocycles. The van der Waals surface area contributed by atoms with Gasteiger partial charge in [-0.2, -0.15) is 5.10 Å². The van der Waals surface area contributed by atoms with Gasteiger partial charge in [0, 0.05) is 23.2 Å². The predicted octanol–water partition coefficient (Wildman–Crippen LogP) is 2.04. The molecule has 74 valence electrons. The van der Waals surface area contributed by atoms with Gasteiger partial charge in [0.2, 0.25) is 0 Å². The lowest BCUT2D eigenvalue weighted by molar-refractivity contribution is 0.949. The molecule has 0 aliphatic rings. The van der Waals surface area contributed by atoms with Gasteiger partial charge in [0.1, 0.15) is 0 Å². The molecule has 0 radical (unpaired) electrons. The zero-order valence-electron chi connectivity index (χ0n) is 7.79. The van der Waals surface area contributed by atoms with Crippen LogP contribution in [0.3, 0.4) is 0 Å². The van der Waals surface area contributed by atoms with Gasteiger partial charge in [0.05, 0.1) is 16.9 Å². The first-order valence-corrected chi connectivity index (χ1v) is 5.36. The maximum absolute atomic E-state index is 5.71. The first kappa shape index (κ1) is 8.43. The van der Waals surface area contributed by atoms with Gasteiger partial charge in [-0.05, 0) is 12.1 Å². The molecule has 0 saturated heterocycles. The SMILES string of the molecule is Nc1cc(-c2ccnc3ccnn23)cs1. The van der Waals surface area contributed by atoms with Crippen molar-refractivity contribution in [3.8, 4) is 11.3 Å². The third-order valence-electron chi connectivity index (χ3n) is 2.21. The first-order chi connectivity index (χ1) is 7.34. The van der Waals surface area contributed by atoms with Gasteiger partial charge >= 0.3 is 0 Å². The zero-order chi connectivity index (χ0) is 10.3. The fourth-order valence-electron chi connectivity index (χ4n) is 1.54. The summed E-state index contributed by atoms with van der Waals surface area (Å²) in [5, 5.41) is 7.05. The second-order valence-electron chi connectivity index (χ2n) is 3.17. The fraction of sp³-hybridized carbons (Fsp3) is 0. The highest BCUT2D eigenvalue weighted by Gasteiger charge is 2.05. The van der Waals surface area contributed by atoms with Crippen molar-refractivity contribution in [2.45, 2.75) is 0 Å². The Bertz CT molecular complexity index is 610. The number of thiophene rings is 1. The predicted molar refractivity (Wildman–Crippen MR) is 60.7 cm³/mol. The summed E-state index contributed by atoms with van der Waals surface area (Å²) in [6.07, 6.45) is 3.52. The second-order valence-corrected chi connectivity index (χ2v) is 4.11. The summed E-state index contributed by atoms with van der Waals surface area (Å²) in [7, 11) is 0. The van der Waals surface area contributed by atoms with Crippen molar-refractivity contribution in [2.75, 3.05) is 5.73 Å². The van der Waals surface area contributed by atoms with Crippen LogP contribution in [0.4, 0.5) is 5.00 Å². The van der Waals surface area contributed by atoms with E-state index in [1.165, 1.54) is 11.3 Å². The van der Waals surface area contributed by atoms with Gasteiger partial charge in [-0.3, -0.25) is 0 Å². The molecular formula is C10H8N4S. The molecule has 0 spiro atoms. The molecule has 0 amide bonds. The quantitative estimate of drug-likeness (QED) is 0.677. The number of hydrogen-bond donors (Lipinski definition) is 1. The van der Waals surface area contributed by atoms with Gasteiger partial charge < -0.3 is 5.73 Å². The van der Waals surface area contributed by atoms with E-state index < -0.39 is 0 Å². The van der Waals surface area contributed by atoms with Gasteiger partial charge in [0.25, 0.3) is 0 Å². The Labute approximate surface area is 90.0 Å². The van der Waals surface area contributed by atoms with Crippen LogP contribution in [0, 0.1) is 0 Å². The Morgan fingerprint density at radius 3 is 3.00 bits per heavy atom. The van der Waals surface area contributed by atoms with Crippen molar-refractivity contribution < 1.29 is 0 Å². The topological polar surface area (TPSA) is 56.2 Å². The van der Waals surface area contributed by atoms with E-state index in [9.17, 15) is 0 Å².